The van der Waals surface area contributed by atoms with Gasteiger partial charge in [0.1, 0.15) is 5.52 Å². The summed E-state index contributed by atoms with van der Waals surface area (Å²) >= 11 is 0. The van der Waals surface area contributed by atoms with Crippen LogP contribution in [0.4, 0.5) is 5.69 Å². The Hall–Kier alpha value is -6.60. The Kier molecular flexibility index (Phi) is 12.3. The van der Waals surface area contributed by atoms with Crippen LogP contribution in [0.25, 0.3) is 90.9 Å². The molecule has 2 aliphatic heterocycles. The summed E-state index contributed by atoms with van der Waals surface area (Å²) in [5, 5.41) is 13.4. The summed E-state index contributed by atoms with van der Waals surface area (Å²) in [6.07, 6.45) is 8.13. The molecule has 0 amide bonds. The van der Waals surface area contributed by atoms with Gasteiger partial charge >= 0.3 is 0 Å². The Morgan fingerprint density at radius 2 is 0.676 bits per heavy atom. The molecule has 2 N–H and O–H groups in total. The Morgan fingerprint density at radius 3 is 0.971 bits per heavy atom. The number of hydrogen-bond acceptors (Lipinski definition) is 4. The summed E-state index contributed by atoms with van der Waals surface area (Å²) < 4.78 is 0. The molecule has 7 nitrogen and oxygen atoms in total. The maximum absolute atomic E-state index is 13.4. The maximum atomic E-state index is 13.4. The van der Waals surface area contributed by atoms with Crippen LogP contribution >= 0.6 is 0 Å². The van der Waals surface area contributed by atoms with E-state index in [0.29, 0.717) is 28.0 Å². The van der Waals surface area contributed by atoms with Crippen molar-refractivity contribution in [3.63, 3.8) is 0 Å². The molecule has 0 saturated heterocycles. The first-order chi connectivity index (χ1) is 31.5. The van der Waals surface area contributed by atoms with E-state index in [-0.39, 0.29) is 49.3 Å². The van der Waals surface area contributed by atoms with E-state index in [0.717, 1.165) is 66.9 Å². The maximum Gasteiger partial charge on any atom is 0.295 e. The molecule has 0 atom stereocenters. The second-order valence-corrected chi connectivity index (χ2v) is 22.2. The fourth-order valence-corrected chi connectivity index (χ4v) is 9.17. The van der Waals surface area contributed by atoms with E-state index in [1.54, 1.807) is 6.07 Å². The van der Waals surface area contributed by atoms with E-state index in [2.05, 4.69) is 208 Å². The minimum absolute atomic E-state index is 0. The summed E-state index contributed by atoms with van der Waals surface area (Å²) in [7, 11) is 0. The van der Waals surface area contributed by atoms with Crippen LogP contribution in [-0.2, 0) is 38.7 Å². The monoisotopic (exact) mass is 946 g/mol. The average Bonchev–Trinajstić information content (AvgIpc) is 4.11. The zero-order valence-corrected chi connectivity index (χ0v) is 42.2. The van der Waals surface area contributed by atoms with E-state index in [1.807, 2.05) is 18.2 Å². The predicted molar refractivity (Wildman–Crippen MR) is 282 cm³/mol. The minimum atomic E-state index is -0.289. The van der Waals surface area contributed by atoms with Gasteiger partial charge < -0.3 is 9.97 Å². The number of hydrogen-bond donors (Lipinski definition) is 2. The van der Waals surface area contributed by atoms with Crippen LogP contribution < -0.4 is 0 Å². The Balaban J connectivity index is 0.00000625. The van der Waals surface area contributed by atoms with Gasteiger partial charge in [0.25, 0.3) is 5.69 Å². The molecule has 2 aliphatic rings. The smallest absolute Gasteiger partial charge is 0.295 e. The molecule has 0 spiro atoms. The molecular formula is C60H61CuN5O2. The van der Waals surface area contributed by atoms with E-state index in [1.165, 1.54) is 16.7 Å². The second-order valence-electron chi connectivity index (χ2n) is 22.2. The van der Waals surface area contributed by atoms with Crippen LogP contribution in [0, 0.1) is 10.1 Å². The Labute approximate surface area is 411 Å². The van der Waals surface area contributed by atoms with Gasteiger partial charge in [-0.15, -0.1) is 0 Å². The van der Waals surface area contributed by atoms with E-state index in [9.17, 15) is 10.1 Å². The average molecular weight is 948 g/mol. The molecule has 0 fully saturated rings. The zero-order valence-electron chi connectivity index (χ0n) is 41.2. The van der Waals surface area contributed by atoms with Crippen LogP contribution in [0.1, 0.15) is 128 Å². The van der Waals surface area contributed by atoms with Crippen molar-refractivity contribution in [2.75, 3.05) is 0 Å². The Morgan fingerprint density at radius 1 is 0.397 bits per heavy atom. The first-order valence-corrected chi connectivity index (χ1v) is 23.3. The number of rotatable bonds is 5. The summed E-state index contributed by atoms with van der Waals surface area (Å²) in [5.74, 6) is 0. The first kappa shape index (κ1) is 47.9. The first-order valence-electron chi connectivity index (χ1n) is 23.3. The number of fused-ring (bicyclic) bond motifs is 8. The molecule has 3 aromatic heterocycles. The molecule has 1 radical (unpaired) electrons. The molecule has 8 bridgehead atoms. The van der Waals surface area contributed by atoms with Gasteiger partial charge in [0, 0.05) is 56.4 Å². The van der Waals surface area contributed by atoms with Crippen molar-refractivity contribution in [3.05, 3.63) is 170 Å². The summed E-state index contributed by atoms with van der Waals surface area (Å²) in [5.41, 5.74) is 17.1. The van der Waals surface area contributed by atoms with Crippen molar-refractivity contribution in [2.24, 2.45) is 0 Å². The number of aromatic nitrogens is 4. The van der Waals surface area contributed by atoms with Gasteiger partial charge in [-0.2, -0.15) is 0 Å². The van der Waals surface area contributed by atoms with Gasteiger partial charge in [0.05, 0.1) is 33.2 Å². The molecule has 7 aromatic rings. The normalized spacial score (nSPS) is 12.9. The van der Waals surface area contributed by atoms with Crippen LogP contribution in [0.2, 0.25) is 0 Å². The molecule has 68 heavy (non-hydrogen) atoms. The standard InChI is InChI=1S/C60H61N5O2.Cu/c1-57(2,3)40-21-13-36(14-22-40)52-44-29-30-45(61-44)53(37-15-23-41(24-16-37)58(4,5)6)47-33-34-49(63-47)55(39-19-27-43(28-20-39)60(10,11)12)56-51(65(66)67)35-50(64-56)54(48-32-31-46(52)62-48)38-17-25-42(26-18-38)59(7,8)9;/h13-35,61,64H,1-12H3;. The summed E-state index contributed by atoms with van der Waals surface area (Å²) in [4.78, 5) is 31.5. The van der Waals surface area contributed by atoms with Crippen molar-refractivity contribution in [3.8, 4) is 44.5 Å². The third kappa shape index (κ3) is 9.20. The largest absolute Gasteiger partial charge is 0.354 e. The predicted octanol–water partition coefficient (Wildman–Crippen LogP) is 16.4. The third-order valence-corrected chi connectivity index (χ3v) is 13.2. The van der Waals surface area contributed by atoms with Gasteiger partial charge in [0.15, 0.2) is 0 Å². The summed E-state index contributed by atoms with van der Waals surface area (Å²) in [6, 6.07) is 40.3. The zero-order chi connectivity index (χ0) is 47.8. The number of benzene rings is 4. The molecule has 5 heterocycles. The fraction of sp³-hybridized carbons (Fsp3) is 0.267. The van der Waals surface area contributed by atoms with Crippen LogP contribution in [0.3, 0.4) is 0 Å². The van der Waals surface area contributed by atoms with Crippen LogP contribution in [0.15, 0.2) is 115 Å². The molecule has 0 aliphatic carbocycles. The molecular weight excluding hydrogens is 886 g/mol. The van der Waals surface area contributed by atoms with Crippen LogP contribution in [-0.4, -0.2) is 24.9 Å². The quantitative estimate of drug-likeness (QED) is 0.102. The van der Waals surface area contributed by atoms with Crippen LogP contribution in [0.5, 0.6) is 0 Å². The van der Waals surface area contributed by atoms with Crippen molar-refractivity contribution in [1.82, 2.24) is 19.9 Å². The van der Waals surface area contributed by atoms with Crippen molar-refractivity contribution in [2.45, 2.75) is 105 Å². The number of nitro groups is 1. The minimum Gasteiger partial charge on any atom is -0.354 e. The number of nitrogens with zero attached hydrogens (tertiary/aromatic N) is 3. The second kappa shape index (κ2) is 17.5. The van der Waals surface area contributed by atoms with Crippen molar-refractivity contribution in [1.29, 1.82) is 0 Å². The van der Waals surface area contributed by atoms with E-state index < -0.39 is 0 Å². The molecule has 0 saturated carbocycles. The van der Waals surface area contributed by atoms with Crippen molar-refractivity contribution >= 4 is 52.1 Å². The van der Waals surface area contributed by atoms with Gasteiger partial charge in [-0.05, 0) is 103 Å². The van der Waals surface area contributed by atoms with Gasteiger partial charge in [-0.1, -0.05) is 180 Å². The number of nitrogens with one attached hydrogen (secondary N) is 2. The molecule has 8 heteroatoms. The Bertz CT molecular complexity index is 3310. The summed E-state index contributed by atoms with van der Waals surface area (Å²) in [6.45, 7) is 26.5. The molecule has 0 unspecified atom stereocenters. The molecule has 349 valence electrons. The SMILES string of the molecule is CC(C)(C)c1ccc(-c2c3nc(c(-c4ccc(C(C)(C)C)cc4)c4cc([N+](=O)[O-])c([nH]4)c(-c4ccc(C(C)(C)C)cc4)c4nc(c(-c5ccc(C(C)(C)C)cc5)c5ccc2[nH]5)C=C4)C=C3)cc1.[Cu]. The number of H-pyrrole nitrogens is 2. The third-order valence-electron chi connectivity index (χ3n) is 13.2. The fourth-order valence-electron chi connectivity index (χ4n) is 9.17. The molecule has 9 rings (SSSR count). The number of aromatic amines is 2. The molecule has 4 aromatic carbocycles. The van der Waals surface area contributed by atoms with Gasteiger partial charge in [0.2, 0.25) is 0 Å². The van der Waals surface area contributed by atoms with Gasteiger partial charge in [-0.3, -0.25) is 10.1 Å². The van der Waals surface area contributed by atoms with Gasteiger partial charge in [-0.25, -0.2) is 9.97 Å². The van der Waals surface area contributed by atoms with Crippen molar-refractivity contribution < 1.29 is 22.0 Å². The van der Waals surface area contributed by atoms with E-state index in [4.69, 9.17) is 9.97 Å². The van der Waals surface area contributed by atoms with E-state index >= 15 is 0 Å². The topological polar surface area (TPSA) is 100 Å².